The van der Waals surface area contributed by atoms with Crippen molar-refractivity contribution in [3.8, 4) is 26.9 Å². The Hall–Kier alpha value is -3.01. The largest absolute Gasteiger partial charge is 0.492 e. The van der Waals surface area contributed by atoms with Crippen LogP contribution < -0.4 is 4.74 Å². The van der Waals surface area contributed by atoms with E-state index in [9.17, 15) is 4.79 Å². The van der Waals surface area contributed by atoms with Crippen LogP contribution in [-0.4, -0.2) is 58.6 Å². The van der Waals surface area contributed by atoms with Gasteiger partial charge in [0, 0.05) is 31.1 Å². The molecule has 0 bridgehead atoms. The third-order valence-corrected chi connectivity index (χ3v) is 7.50. The predicted molar refractivity (Wildman–Crippen MR) is 130 cm³/mol. The van der Waals surface area contributed by atoms with Crippen molar-refractivity contribution in [3.05, 3.63) is 64.7 Å². The molecule has 1 aliphatic heterocycles. The van der Waals surface area contributed by atoms with E-state index in [0.29, 0.717) is 48.6 Å². The fourth-order valence-corrected chi connectivity index (χ4v) is 5.52. The van der Waals surface area contributed by atoms with Gasteiger partial charge in [-0.25, -0.2) is 0 Å². The highest BCUT2D eigenvalue weighted by Crippen LogP contribution is 2.37. The molecule has 1 saturated heterocycles. The zero-order valence-electron chi connectivity index (χ0n) is 18.3. The standard InChI is InChI=1S/C24H24N4O3S2/c1-2-30-18-15-20(17-7-4-3-5-8-17)33-22(18)24(29)28-12-10-27(11-13-28)16-21-25-23(26-31-21)19-9-6-14-32-19/h3-9,14-15H,2,10-13,16H2,1H3. The predicted octanol–water partition coefficient (Wildman–Crippen LogP) is 4.88. The summed E-state index contributed by atoms with van der Waals surface area (Å²) < 4.78 is 11.2. The summed E-state index contributed by atoms with van der Waals surface area (Å²) in [5.74, 6) is 1.93. The van der Waals surface area contributed by atoms with Crippen LogP contribution in [0.5, 0.6) is 5.75 Å². The van der Waals surface area contributed by atoms with Crippen molar-refractivity contribution in [2.75, 3.05) is 32.8 Å². The average molecular weight is 481 g/mol. The van der Waals surface area contributed by atoms with Crippen molar-refractivity contribution in [1.82, 2.24) is 19.9 Å². The number of hydrogen-bond acceptors (Lipinski definition) is 8. The van der Waals surface area contributed by atoms with Gasteiger partial charge in [0.05, 0.1) is 18.0 Å². The third-order valence-electron chi connectivity index (χ3n) is 5.48. The van der Waals surface area contributed by atoms with Crippen LogP contribution in [0.25, 0.3) is 21.1 Å². The summed E-state index contributed by atoms with van der Waals surface area (Å²) in [4.78, 5) is 24.7. The van der Waals surface area contributed by atoms with Crippen LogP contribution in [0.4, 0.5) is 0 Å². The number of carbonyl (C=O) groups is 1. The first-order chi connectivity index (χ1) is 16.2. The molecule has 1 aliphatic rings. The topological polar surface area (TPSA) is 71.7 Å². The van der Waals surface area contributed by atoms with Gasteiger partial charge in [0.25, 0.3) is 5.91 Å². The number of carbonyl (C=O) groups excluding carboxylic acids is 1. The van der Waals surface area contributed by atoms with Crippen LogP contribution in [0.1, 0.15) is 22.5 Å². The summed E-state index contributed by atoms with van der Waals surface area (Å²) in [6.07, 6.45) is 0. The van der Waals surface area contributed by atoms with Crippen molar-refractivity contribution in [1.29, 1.82) is 0 Å². The first-order valence-corrected chi connectivity index (χ1v) is 12.6. The minimum absolute atomic E-state index is 0.0306. The molecular formula is C24H24N4O3S2. The molecule has 1 amide bonds. The molecule has 1 fully saturated rings. The minimum atomic E-state index is 0.0306. The number of ether oxygens (including phenoxy) is 1. The van der Waals surface area contributed by atoms with Crippen molar-refractivity contribution in [2.24, 2.45) is 0 Å². The van der Waals surface area contributed by atoms with E-state index in [1.54, 1.807) is 11.3 Å². The van der Waals surface area contributed by atoms with E-state index in [4.69, 9.17) is 9.26 Å². The van der Waals surface area contributed by atoms with Crippen LogP contribution >= 0.6 is 22.7 Å². The van der Waals surface area contributed by atoms with Gasteiger partial charge in [-0.3, -0.25) is 9.69 Å². The second-order valence-electron chi connectivity index (χ2n) is 7.66. The fraction of sp³-hybridized carbons (Fsp3) is 0.292. The first kappa shape index (κ1) is 21.8. The summed E-state index contributed by atoms with van der Waals surface area (Å²) in [6, 6.07) is 16.0. The number of piperazine rings is 1. The fourth-order valence-electron chi connectivity index (χ4n) is 3.80. The van der Waals surface area contributed by atoms with Gasteiger partial charge in [-0.05, 0) is 30.0 Å². The molecule has 0 atom stereocenters. The summed E-state index contributed by atoms with van der Waals surface area (Å²) in [5.41, 5.74) is 1.09. The molecule has 7 nitrogen and oxygen atoms in total. The van der Waals surface area contributed by atoms with Crippen molar-refractivity contribution in [3.63, 3.8) is 0 Å². The Balaban J connectivity index is 1.23. The number of benzene rings is 1. The molecule has 0 spiro atoms. The van der Waals surface area contributed by atoms with Gasteiger partial charge < -0.3 is 14.2 Å². The smallest absolute Gasteiger partial charge is 0.267 e. The van der Waals surface area contributed by atoms with Crippen LogP contribution in [-0.2, 0) is 6.54 Å². The maximum atomic E-state index is 13.3. The van der Waals surface area contributed by atoms with Crippen LogP contribution in [0.15, 0.2) is 58.4 Å². The zero-order chi connectivity index (χ0) is 22.6. The second-order valence-corrected chi connectivity index (χ2v) is 9.66. The number of hydrogen-bond donors (Lipinski definition) is 0. The Morgan fingerprint density at radius 3 is 2.64 bits per heavy atom. The van der Waals surface area contributed by atoms with Gasteiger partial charge in [0.1, 0.15) is 10.6 Å². The van der Waals surface area contributed by atoms with Gasteiger partial charge >= 0.3 is 0 Å². The lowest BCUT2D eigenvalue weighted by Gasteiger charge is -2.33. The quantitative estimate of drug-likeness (QED) is 0.375. The van der Waals surface area contributed by atoms with E-state index in [1.807, 2.05) is 53.6 Å². The highest BCUT2D eigenvalue weighted by molar-refractivity contribution is 7.17. The number of thiophene rings is 2. The van der Waals surface area contributed by atoms with E-state index in [-0.39, 0.29) is 5.91 Å². The molecule has 4 aromatic rings. The lowest BCUT2D eigenvalue weighted by atomic mass is 10.2. The van der Waals surface area contributed by atoms with Gasteiger partial charge in [-0.2, -0.15) is 4.98 Å². The Kier molecular flexibility index (Phi) is 6.52. The molecule has 3 aromatic heterocycles. The first-order valence-electron chi connectivity index (χ1n) is 10.9. The van der Waals surface area contributed by atoms with Gasteiger partial charge in [-0.1, -0.05) is 41.6 Å². The van der Waals surface area contributed by atoms with E-state index in [0.717, 1.165) is 28.4 Å². The normalized spacial score (nSPS) is 14.5. The monoisotopic (exact) mass is 480 g/mol. The highest BCUT2D eigenvalue weighted by atomic mass is 32.1. The molecule has 170 valence electrons. The highest BCUT2D eigenvalue weighted by Gasteiger charge is 2.27. The molecule has 0 N–H and O–H groups in total. The summed E-state index contributed by atoms with van der Waals surface area (Å²) >= 11 is 3.09. The van der Waals surface area contributed by atoms with Gasteiger partial charge in [0.15, 0.2) is 0 Å². The Morgan fingerprint density at radius 1 is 1.09 bits per heavy atom. The van der Waals surface area contributed by atoms with E-state index in [2.05, 4.69) is 27.2 Å². The number of aromatic nitrogens is 2. The maximum absolute atomic E-state index is 13.3. The Labute approximate surface area is 200 Å². The molecule has 1 aromatic carbocycles. The molecular weight excluding hydrogens is 456 g/mol. The van der Waals surface area contributed by atoms with Crippen molar-refractivity contribution < 1.29 is 14.1 Å². The summed E-state index contributed by atoms with van der Waals surface area (Å²) in [6.45, 7) is 5.85. The molecule has 0 aliphatic carbocycles. The molecule has 0 unspecified atom stereocenters. The number of nitrogens with zero attached hydrogens (tertiary/aromatic N) is 4. The lowest BCUT2D eigenvalue weighted by Crippen LogP contribution is -2.48. The maximum Gasteiger partial charge on any atom is 0.267 e. The second kappa shape index (κ2) is 9.86. The summed E-state index contributed by atoms with van der Waals surface area (Å²) in [5, 5.41) is 6.08. The van der Waals surface area contributed by atoms with Crippen LogP contribution in [0, 0.1) is 0 Å². The Bertz CT molecular complexity index is 1200. The molecule has 0 saturated carbocycles. The molecule has 4 heterocycles. The lowest BCUT2D eigenvalue weighted by molar-refractivity contribution is 0.0616. The van der Waals surface area contributed by atoms with Crippen LogP contribution in [0.2, 0.25) is 0 Å². The zero-order valence-corrected chi connectivity index (χ0v) is 19.9. The number of amides is 1. The van der Waals surface area contributed by atoms with E-state index < -0.39 is 0 Å². The molecule has 9 heteroatoms. The SMILES string of the molecule is CCOc1cc(-c2ccccc2)sc1C(=O)N1CCN(Cc2nc(-c3cccs3)no2)CC1. The minimum Gasteiger partial charge on any atom is -0.492 e. The van der Waals surface area contributed by atoms with Crippen molar-refractivity contribution in [2.45, 2.75) is 13.5 Å². The Morgan fingerprint density at radius 2 is 1.91 bits per heavy atom. The van der Waals surface area contributed by atoms with Gasteiger partial charge in [-0.15, -0.1) is 22.7 Å². The average Bonchev–Trinajstić information content (AvgIpc) is 3.61. The number of rotatable bonds is 7. The van der Waals surface area contributed by atoms with E-state index in [1.165, 1.54) is 11.3 Å². The van der Waals surface area contributed by atoms with Gasteiger partial charge in [0.2, 0.25) is 11.7 Å². The molecule has 5 rings (SSSR count). The molecule has 33 heavy (non-hydrogen) atoms. The molecule has 0 radical (unpaired) electrons. The van der Waals surface area contributed by atoms with Crippen molar-refractivity contribution >= 4 is 28.6 Å². The summed E-state index contributed by atoms with van der Waals surface area (Å²) in [7, 11) is 0. The third kappa shape index (κ3) is 4.85. The van der Waals surface area contributed by atoms with E-state index >= 15 is 0 Å². The van der Waals surface area contributed by atoms with Crippen LogP contribution in [0.3, 0.4) is 0 Å².